The van der Waals surface area contributed by atoms with Gasteiger partial charge >= 0.3 is 0 Å². The highest BCUT2D eigenvalue weighted by Gasteiger charge is 2.21. The van der Waals surface area contributed by atoms with Gasteiger partial charge in [-0.1, -0.05) is 15.9 Å². The lowest BCUT2D eigenvalue weighted by Crippen LogP contribution is -2.13. The molecule has 21 heavy (non-hydrogen) atoms. The van der Waals surface area contributed by atoms with Gasteiger partial charge in [-0.3, -0.25) is 4.72 Å². The van der Waals surface area contributed by atoms with Crippen LogP contribution in [-0.4, -0.2) is 14.5 Å². The fraction of sp³-hybridized carbons (Fsp3) is 0.200. The second-order valence-electron chi connectivity index (χ2n) is 5.18. The molecule has 3 rings (SSSR count). The van der Waals surface area contributed by atoms with Gasteiger partial charge in [-0.15, -0.1) is 0 Å². The molecule has 0 bridgehead atoms. The second-order valence-corrected chi connectivity index (χ2v) is 7.78. The zero-order valence-corrected chi connectivity index (χ0v) is 13.8. The van der Waals surface area contributed by atoms with Crippen molar-refractivity contribution in [1.29, 1.82) is 0 Å². The molecule has 0 fully saturated rings. The van der Waals surface area contributed by atoms with Crippen LogP contribution in [0.4, 0.5) is 11.4 Å². The first-order chi connectivity index (χ1) is 9.94. The zero-order valence-electron chi connectivity index (χ0n) is 11.4. The highest BCUT2D eigenvalue weighted by Crippen LogP contribution is 2.29. The first-order valence-electron chi connectivity index (χ1n) is 6.62. The van der Waals surface area contributed by atoms with Crippen molar-refractivity contribution >= 4 is 37.3 Å². The van der Waals surface area contributed by atoms with Crippen LogP contribution in [0.25, 0.3) is 0 Å². The fourth-order valence-corrected chi connectivity index (χ4v) is 3.80. The summed E-state index contributed by atoms with van der Waals surface area (Å²) < 4.78 is 28.4. The molecule has 0 spiro atoms. The predicted molar refractivity (Wildman–Crippen MR) is 88.2 cm³/mol. The van der Waals surface area contributed by atoms with E-state index in [1.807, 2.05) is 6.07 Å². The monoisotopic (exact) mass is 366 g/mol. The molecule has 110 valence electrons. The summed E-state index contributed by atoms with van der Waals surface area (Å²) >= 11 is 3.33. The lowest BCUT2D eigenvalue weighted by Gasteiger charge is -2.09. The van der Waals surface area contributed by atoms with Gasteiger partial charge in [0.25, 0.3) is 10.0 Å². The number of sulfonamides is 1. The summed E-state index contributed by atoms with van der Waals surface area (Å²) in [6.45, 7) is 2.08. The van der Waals surface area contributed by atoms with E-state index in [0.717, 1.165) is 22.1 Å². The molecule has 4 nitrogen and oxygen atoms in total. The van der Waals surface area contributed by atoms with Crippen molar-refractivity contribution in [3.05, 3.63) is 52.5 Å². The third-order valence-corrected chi connectivity index (χ3v) is 5.32. The maximum Gasteiger partial charge on any atom is 0.261 e. The minimum atomic E-state index is -3.56. The standard InChI is InChI=1S/C15H15BrN2O2S/c1-10-8-11-9-14(6-7-15(11)17-10)21(19,20)18-13-4-2-12(16)3-5-13/h2-7,9-10,17-18H,8H2,1H3/t10-/m0/s1. The van der Waals surface area contributed by atoms with Crippen LogP contribution in [0.3, 0.4) is 0 Å². The van der Waals surface area contributed by atoms with Gasteiger partial charge in [0.15, 0.2) is 0 Å². The molecule has 0 radical (unpaired) electrons. The minimum absolute atomic E-state index is 0.292. The van der Waals surface area contributed by atoms with Crippen molar-refractivity contribution in [3.63, 3.8) is 0 Å². The number of rotatable bonds is 3. The molecule has 0 saturated heterocycles. The van der Waals surface area contributed by atoms with E-state index >= 15 is 0 Å². The van der Waals surface area contributed by atoms with Gasteiger partial charge in [-0.25, -0.2) is 8.42 Å². The Morgan fingerprint density at radius 3 is 2.62 bits per heavy atom. The van der Waals surface area contributed by atoms with Crippen LogP contribution in [-0.2, 0) is 16.4 Å². The van der Waals surface area contributed by atoms with E-state index in [0.29, 0.717) is 16.6 Å². The molecule has 1 heterocycles. The maximum absolute atomic E-state index is 12.4. The first kappa shape index (κ1) is 14.4. The quantitative estimate of drug-likeness (QED) is 0.872. The number of fused-ring (bicyclic) bond motifs is 1. The number of nitrogens with one attached hydrogen (secondary N) is 2. The van der Waals surface area contributed by atoms with E-state index in [2.05, 4.69) is 32.9 Å². The van der Waals surface area contributed by atoms with Crippen molar-refractivity contribution < 1.29 is 8.42 Å². The molecule has 0 amide bonds. The number of hydrogen-bond donors (Lipinski definition) is 2. The molecule has 0 saturated carbocycles. The van der Waals surface area contributed by atoms with Crippen molar-refractivity contribution in [2.24, 2.45) is 0 Å². The summed E-state index contributed by atoms with van der Waals surface area (Å²) in [5.41, 5.74) is 2.61. The van der Waals surface area contributed by atoms with Crippen LogP contribution in [0.5, 0.6) is 0 Å². The SMILES string of the molecule is C[C@H]1Cc2cc(S(=O)(=O)Nc3ccc(Br)cc3)ccc2N1. The third-order valence-electron chi connectivity index (χ3n) is 3.41. The van der Waals surface area contributed by atoms with Crippen molar-refractivity contribution in [3.8, 4) is 0 Å². The molecular weight excluding hydrogens is 352 g/mol. The van der Waals surface area contributed by atoms with Crippen LogP contribution in [0.2, 0.25) is 0 Å². The third kappa shape index (κ3) is 3.06. The highest BCUT2D eigenvalue weighted by atomic mass is 79.9. The minimum Gasteiger partial charge on any atom is -0.382 e. The summed E-state index contributed by atoms with van der Waals surface area (Å²) in [4.78, 5) is 0.292. The molecule has 2 N–H and O–H groups in total. The van der Waals surface area contributed by atoms with Crippen LogP contribution in [0, 0.1) is 0 Å². The molecule has 6 heteroatoms. The maximum atomic E-state index is 12.4. The van der Waals surface area contributed by atoms with Crippen LogP contribution < -0.4 is 10.0 Å². The normalized spacial score (nSPS) is 17.1. The smallest absolute Gasteiger partial charge is 0.261 e. The Morgan fingerprint density at radius 1 is 1.19 bits per heavy atom. The predicted octanol–water partition coefficient (Wildman–Crippen LogP) is 3.61. The van der Waals surface area contributed by atoms with Gasteiger partial charge in [-0.05, 0) is 61.4 Å². The summed E-state index contributed by atoms with van der Waals surface area (Å²) in [5.74, 6) is 0. The Hall–Kier alpha value is -1.53. The lowest BCUT2D eigenvalue weighted by molar-refractivity contribution is 0.601. The van der Waals surface area contributed by atoms with E-state index in [1.165, 1.54) is 0 Å². The Labute approximate surface area is 132 Å². The van der Waals surface area contributed by atoms with E-state index in [-0.39, 0.29) is 0 Å². The van der Waals surface area contributed by atoms with E-state index < -0.39 is 10.0 Å². The number of anilines is 2. The van der Waals surface area contributed by atoms with E-state index in [1.54, 1.807) is 36.4 Å². The number of benzene rings is 2. The molecule has 0 aromatic heterocycles. The van der Waals surface area contributed by atoms with Gasteiger partial charge in [0, 0.05) is 21.9 Å². The summed E-state index contributed by atoms with van der Waals surface area (Å²) in [6.07, 6.45) is 0.844. The van der Waals surface area contributed by atoms with E-state index in [4.69, 9.17) is 0 Å². The Morgan fingerprint density at radius 2 is 1.90 bits per heavy atom. The molecule has 1 atom stereocenters. The average Bonchev–Trinajstić information content (AvgIpc) is 2.80. The summed E-state index contributed by atoms with van der Waals surface area (Å²) in [7, 11) is -3.56. The van der Waals surface area contributed by atoms with Gasteiger partial charge in [0.05, 0.1) is 4.90 Å². The molecule has 2 aromatic carbocycles. The van der Waals surface area contributed by atoms with Crippen LogP contribution in [0.15, 0.2) is 51.8 Å². The zero-order chi connectivity index (χ0) is 15.0. The van der Waals surface area contributed by atoms with E-state index in [9.17, 15) is 8.42 Å². The summed E-state index contributed by atoms with van der Waals surface area (Å²) in [6, 6.07) is 12.6. The largest absolute Gasteiger partial charge is 0.382 e. The van der Waals surface area contributed by atoms with Crippen molar-refractivity contribution in [1.82, 2.24) is 0 Å². The second kappa shape index (κ2) is 5.35. The first-order valence-corrected chi connectivity index (χ1v) is 8.89. The van der Waals surface area contributed by atoms with Crippen LogP contribution >= 0.6 is 15.9 Å². The Bertz CT molecular complexity index is 773. The lowest BCUT2D eigenvalue weighted by atomic mass is 10.1. The molecule has 2 aromatic rings. The number of hydrogen-bond acceptors (Lipinski definition) is 3. The Kier molecular flexibility index (Phi) is 3.67. The van der Waals surface area contributed by atoms with Gasteiger partial charge in [0.1, 0.15) is 0 Å². The van der Waals surface area contributed by atoms with Crippen molar-refractivity contribution in [2.45, 2.75) is 24.3 Å². The topological polar surface area (TPSA) is 58.2 Å². The fourth-order valence-electron chi connectivity index (χ4n) is 2.43. The average molecular weight is 367 g/mol. The van der Waals surface area contributed by atoms with Crippen LogP contribution in [0.1, 0.15) is 12.5 Å². The number of halogens is 1. The molecule has 1 aliphatic heterocycles. The van der Waals surface area contributed by atoms with Gasteiger partial charge in [0.2, 0.25) is 0 Å². The Balaban J connectivity index is 1.89. The molecule has 1 aliphatic rings. The molecule has 0 unspecified atom stereocenters. The highest BCUT2D eigenvalue weighted by molar-refractivity contribution is 9.10. The molecular formula is C15H15BrN2O2S. The summed E-state index contributed by atoms with van der Waals surface area (Å²) in [5, 5.41) is 3.31. The van der Waals surface area contributed by atoms with Crippen molar-refractivity contribution in [2.75, 3.05) is 10.0 Å². The van der Waals surface area contributed by atoms with Gasteiger partial charge < -0.3 is 5.32 Å². The molecule has 0 aliphatic carbocycles. The van der Waals surface area contributed by atoms with Gasteiger partial charge in [-0.2, -0.15) is 0 Å².